The van der Waals surface area contributed by atoms with Crippen molar-refractivity contribution < 1.29 is 9.90 Å². The Labute approximate surface area is 125 Å². The van der Waals surface area contributed by atoms with Crippen LogP contribution in [0.3, 0.4) is 0 Å². The summed E-state index contributed by atoms with van der Waals surface area (Å²) in [6.07, 6.45) is 2.96. The lowest BCUT2D eigenvalue weighted by Crippen LogP contribution is -2.01. The maximum Gasteiger partial charge on any atom is 0.337 e. The minimum atomic E-state index is -1.07. The van der Waals surface area contributed by atoms with Gasteiger partial charge < -0.3 is 10.4 Å². The zero-order valence-electron chi connectivity index (χ0n) is 10.7. The van der Waals surface area contributed by atoms with Gasteiger partial charge in [0, 0.05) is 17.8 Å². The lowest BCUT2D eigenvalue weighted by atomic mass is 10.2. The molecule has 0 fully saturated rings. The fourth-order valence-electron chi connectivity index (χ4n) is 1.98. The fourth-order valence-corrected chi connectivity index (χ4v) is 2.19. The summed E-state index contributed by atoms with van der Waals surface area (Å²) in [7, 11) is 0. The molecule has 0 aliphatic heterocycles. The number of anilines is 2. The monoisotopic (exact) mass is 299 g/mol. The first-order chi connectivity index (χ1) is 10.1. The van der Waals surface area contributed by atoms with Crippen molar-refractivity contribution in [2.75, 3.05) is 5.32 Å². The van der Waals surface area contributed by atoms with Gasteiger partial charge in [0.25, 0.3) is 0 Å². The molecule has 0 unspecified atom stereocenters. The van der Waals surface area contributed by atoms with E-state index in [1.807, 2.05) is 30.3 Å². The Morgan fingerprint density at radius 2 is 2.00 bits per heavy atom. The van der Waals surface area contributed by atoms with E-state index in [0.29, 0.717) is 5.82 Å². The molecule has 0 amide bonds. The van der Waals surface area contributed by atoms with Gasteiger partial charge in [-0.3, -0.25) is 4.98 Å². The number of halogens is 1. The van der Waals surface area contributed by atoms with Crippen LogP contribution < -0.4 is 5.32 Å². The summed E-state index contributed by atoms with van der Waals surface area (Å²) in [4.78, 5) is 19.2. The molecule has 0 saturated heterocycles. The first kappa shape index (κ1) is 13.3. The smallest absolute Gasteiger partial charge is 0.337 e. The van der Waals surface area contributed by atoms with Crippen LogP contribution in [0.1, 0.15) is 10.4 Å². The summed E-state index contributed by atoms with van der Waals surface area (Å²) in [5.74, 6) is -0.678. The highest BCUT2D eigenvalue weighted by atomic mass is 35.5. The van der Waals surface area contributed by atoms with Gasteiger partial charge in [0.15, 0.2) is 0 Å². The number of aromatic nitrogens is 2. The van der Waals surface area contributed by atoms with Gasteiger partial charge >= 0.3 is 5.97 Å². The van der Waals surface area contributed by atoms with Crippen molar-refractivity contribution in [3.8, 4) is 0 Å². The molecule has 5 nitrogen and oxygen atoms in total. The second kappa shape index (κ2) is 5.38. The van der Waals surface area contributed by atoms with Crippen LogP contribution in [0.25, 0.3) is 10.9 Å². The Bertz CT molecular complexity index is 831. The molecule has 2 aromatic heterocycles. The van der Waals surface area contributed by atoms with E-state index in [1.165, 1.54) is 12.3 Å². The summed E-state index contributed by atoms with van der Waals surface area (Å²) in [6, 6.07) is 10.9. The molecule has 0 aliphatic rings. The van der Waals surface area contributed by atoms with Gasteiger partial charge in [0.1, 0.15) is 5.82 Å². The fraction of sp³-hybridized carbons (Fsp3) is 0. The molecule has 0 saturated carbocycles. The van der Waals surface area contributed by atoms with Gasteiger partial charge in [-0.2, -0.15) is 0 Å². The third-order valence-electron chi connectivity index (χ3n) is 2.97. The average Bonchev–Trinajstić information content (AvgIpc) is 2.49. The van der Waals surface area contributed by atoms with Crippen molar-refractivity contribution in [3.63, 3.8) is 0 Å². The lowest BCUT2D eigenvalue weighted by molar-refractivity contribution is 0.0696. The first-order valence-corrected chi connectivity index (χ1v) is 6.52. The second-order valence-electron chi connectivity index (χ2n) is 4.37. The van der Waals surface area contributed by atoms with E-state index in [0.717, 1.165) is 16.6 Å². The number of fused-ring (bicyclic) bond motifs is 1. The number of carboxylic acids is 1. The summed E-state index contributed by atoms with van der Waals surface area (Å²) in [6.45, 7) is 0. The zero-order valence-corrected chi connectivity index (χ0v) is 11.5. The maximum atomic E-state index is 10.9. The highest BCUT2D eigenvalue weighted by Gasteiger charge is 2.10. The summed E-state index contributed by atoms with van der Waals surface area (Å²) < 4.78 is 0. The van der Waals surface area contributed by atoms with E-state index in [2.05, 4.69) is 15.3 Å². The third-order valence-corrected chi connectivity index (χ3v) is 3.26. The standard InChI is InChI=1S/C15H10ClN3O2/c16-11-7-10(15(20)21)8-18-14(11)19-12-5-1-3-9-4-2-6-17-13(9)12/h1-8H,(H,18,19)(H,20,21). The van der Waals surface area contributed by atoms with Crippen LogP contribution in [0.4, 0.5) is 11.5 Å². The third kappa shape index (κ3) is 2.64. The van der Waals surface area contributed by atoms with E-state index in [9.17, 15) is 4.79 Å². The number of para-hydroxylation sites is 1. The number of aromatic carboxylic acids is 1. The highest BCUT2D eigenvalue weighted by molar-refractivity contribution is 6.33. The number of rotatable bonds is 3. The molecule has 3 aromatic rings. The van der Waals surface area contributed by atoms with E-state index >= 15 is 0 Å². The zero-order chi connectivity index (χ0) is 14.8. The maximum absolute atomic E-state index is 10.9. The topological polar surface area (TPSA) is 75.1 Å². The first-order valence-electron chi connectivity index (χ1n) is 6.15. The number of benzene rings is 1. The minimum Gasteiger partial charge on any atom is -0.478 e. The van der Waals surface area contributed by atoms with Crippen molar-refractivity contribution in [1.29, 1.82) is 0 Å². The predicted molar refractivity (Wildman–Crippen MR) is 81.2 cm³/mol. The Balaban J connectivity index is 2.01. The van der Waals surface area contributed by atoms with Gasteiger partial charge in [-0.05, 0) is 18.2 Å². The van der Waals surface area contributed by atoms with Crippen LogP contribution in [0.2, 0.25) is 5.02 Å². The number of hydrogen-bond donors (Lipinski definition) is 2. The van der Waals surface area contributed by atoms with Crippen LogP contribution in [0, 0.1) is 0 Å². The van der Waals surface area contributed by atoms with Crippen LogP contribution >= 0.6 is 11.6 Å². The van der Waals surface area contributed by atoms with E-state index in [4.69, 9.17) is 16.7 Å². The highest BCUT2D eigenvalue weighted by Crippen LogP contribution is 2.27. The van der Waals surface area contributed by atoms with Crippen molar-refractivity contribution in [3.05, 3.63) is 59.4 Å². The van der Waals surface area contributed by atoms with Crippen LogP contribution in [-0.2, 0) is 0 Å². The minimum absolute atomic E-state index is 0.0431. The molecule has 21 heavy (non-hydrogen) atoms. The molecule has 6 heteroatoms. The van der Waals surface area contributed by atoms with Crippen molar-refractivity contribution in [2.45, 2.75) is 0 Å². The number of carboxylic acid groups (broad SMARTS) is 1. The average molecular weight is 300 g/mol. The van der Waals surface area contributed by atoms with Gasteiger partial charge in [0.2, 0.25) is 0 Å². The molecule has 1 aromatic carbocycles. The number of nitrogens with zero attached hydrogens (tertiary/aromatic N) is 2. The number of nitrogens with one attached hydrogen (secondary N) is 1. The molecule has 2 heterocycles. The SMILES string of the molecule is O=C(O)c1cnc(Nc2cccc3cccnc23)c(Cl)c1. The molecule has 104 valence electrons. The number of carbonyl (C=O) groups is 1. The van der Waals surface area contributed by atoms with E-state index < -0.39 is 5.97 Å². The molecule has 3 rings (SSSR count). The van der Waals surface area contributed by atoms with E-state index in [1.54, 1.807) is 6.20 Å². The van der Waals surface area contributed by atoms with E-state index in [-0.39, 0.29) is 10.6 Å². The van der Waals surface area contributed by atoms with Crippen molar-refractivity contribution in [2.24, 2.45) is 0 Å². The molecule has 2 N–H and O–H groups in total. The van der Waals surface area contributed by atoms with Gasteiger partial charge in [-0.15, -0.1) is 0 Å². The molecular formula is C15H10ClN3O2. The van der Waals surface area contributed by atoms with Crippen LogP contribution in [0.5, 0.6) is 0 Å². The number of pyridine rings is 2. The quantitative estimate of drug-likeness (QED) is 0.771. The Morgan fingerprint density at radius 3 is 2.76 bits per heavy atom. The summed E-state index contributed by atoms with van der Waals surface area (Å²) >= 11 is 6.07. The summed E-state index contributed by atoms with van der Waals surface area (Å²) in [5, 5.41) is 13.2. The largest absolute Gasteiger partial charge is 0.478 e. The molecule has 0 atom stereocenters. The Morgan fingerprint density at radius 1 is 1.19 bits per heavy atom. The lowest BCUT2D eigenvalue weighted by Gasteiger charge is -2.10. The van der Waals surface area contributed by atoms with Gasteiger partial charge in [-0.25, -0.2) is 9.78 Å². The molecular weight excluding hydrogens is 290 g/mol. The molecule has 0 aliphatic carbocycles. The summed E-state index contributed by atoms with van der Waals surface area (Å²) in [5.41, 5.74) is 1.59. The second-order valence-corrected chi connectivity index (χ2v) is 4.77. The molecule has 0 spiro atoms. The van der Waals surface area contributed by atoms with Crippen LogP contribution in [0.15, 0.2) is 48.8 Å². The predicted octanol–water partition coefficient (Wildman–Crippen LogP) is 3.73. The van der Waals surface area contributed by atoms with Gasteiger partial charge in [0.05, 0.1) is 21.8 Å². The number of hydrogen-bond acceptors (Lipinski definition) is 4. The molecule has 0 radical (unpaired) electrons. The van der Waals surface area contributed by atoms with Crippen molar-refractivity contribution >= 4 is 40.0 Å². The Kier molecular flexibility index (Phi) is 3.41. The van der Waals surface area contributed by atoms with Crippen LogP contribution in [-0.4, -0.2) is 21.0 Å². The van der Waals surface area contributed by atoms with Gasteiger partial charge in [-0.1, -0.05) is 29.8 Å². The Hall–Kier alpha value is -2.66. The molecule has 0 bridgehead atoms. The van der Waals surface area contributed by atoms with Crippen molar-refractivity contribution in [1.82, 2.24) is 9.97 Å². The normalized spacial score (nSPS) is 10.5.